The van der Waals surface area contributed by atoms with Gasteiger partial charge in [-0.1, -0.05) is 30.4 Å². The number of hydrogen-bond donors (Lipinski definition) is 1. The maximum absolute atomic E-state index is 13.0. The predicted molar refractivity (Wildman–Crippen MR) is 123 cm³/mol. The van der Waals surface area contributed by atoms with Gasteiger partial charge in [-0.25, -0.2) is 4.79 Å². The summed E-state index contributed by atoms with van der Waals surface area (Å²) in [7, 11) is 0. The third-order valence-electron chi connectivity index (χ3n) is 4.50. The van der Waals surface area contributed by atoms with E-state index < -0.39 is 11.7 Å². The van der Waals surface area contributed by atoms with Gasteiger partial charge in [0.15, 0.2) is 0 Å². The number of allylic oxidation sites excluding steroid dienone is 1. The highest BCUT2D eigenvalue weighted by atomic mass is 16.6. The number of alkyl carbamates (subject to hydrolysis) is 1. The molecule has 6 nitrogen and oxygen atoms in total. The first-order valence-corrected chi connectivity index (χ1v) is 10.4. The Bertz CT molecular complexity index is 945. The van der Waals surface area contributed by atoms with Gasteiger partial charge in [0, 0.05) is 25.5 Å². The van der Waals surface area contributed by atoms with Crippen LogP contribution in [0.1, 0.15) is 55.5 Å². The minimum Gasteiger partial charge on any atom is -0.444 e. The fourth-order valence-electron chi connectivity index (χ4n) is 3.10. The maximum Gasteiger partial charge on any atom is 0.408 e. The predicted octanol–water partition coefficient (Wildman–Crippen LogP) is 4.79. The number of pyridine rings is 1. The van der Waals surface area contributed by atoms with Crippen molar-refractivity contribution in [2.24, 2.45) is 0 Å². The van der Waals surface area contributed by atoms with E-state index in [1.807, 2.05) is 32.1 Å². The Morgan fingerprint density at radius 3 is 2.45 bits per heavy atom. The van der Waals surface area contributed by atoms with E-state index in [4.69, 9.17) is 4.74 Å². The van der Waals surface area contributed by atoms with Crippen molar-refractivity contribution in [3.05, 3.63) is 70.6 Å². The lowest BCUT2D eigenvalue weighted by atomic mass is 10.0. The number of rotatable bonds is 7. The van der Waals surface area contributed by atoms with Crippen molar-refractivity contribution in [3.63, 3.8) is 0 Å². The van der Waals surface area contributed by atoms with Crippen LogP contribution in [0.3, 0.4) is 0 Å². The van der Waals surface area contributed by atoms with Crippen molar-refractivity contribution in [3.8, 4) is 0 Å². The van der Waals surface area contributed by atoms with Gasteiger partial charge >= 0.3 is 6.09 Å². The highest BCUT2D eigenvalue weighted by molar-refractivity contribution is 5.82. The third kappa shape index (κ3) is 8.24. The molecule has 0 unspecified atom stereocenters. The van der Waals surface area contributed by atoms with Crippen LogP contribution in [-0.4, -0.2) is 34.0 Å². The minimum absolute atomic E-state index is 0.137. The van der Waals surface area contributed by atoms with Crippen LogP contribution in [0, 0.1) is 13.8 Å². The summed E-state index contributed by atoms with van der Waals surface area (Å²) >= 11 is 0. The summed E-state index contributed by atoms with van der Waals surface area (Å²) < 4.78 is 5.24. The Labute approximate surface area is 185 Å². The number of nitrogens with one attached hydrogen (secondary N) is 1. The Hall–Kier alpha value is -3.15. The third-order valence-corrected chi connectivity index (χ3v) is 4.50. The fourth-order valence-corrected chi connectivity index (χ4v) is 3.10. The number of aromatic nitrogens is 1. The molecule has 1 aromatic carbocycles. The van der Waals surface area contributed by atoms with Crippen LogP contribution in [0.15, 0.2) is 42.7 Å². The van der Waals surface area contributed by atoms with Crippen LogP contribution in [0.5, 0.6) is 0 Å². The Kier molecular flexibility index (Phi) is 8.37. The fraction of sp³-hybridized carbons (Fsp3) is 0.400. The molecule has 2 aromatic rings. The van der Waals surface area contributed by atoms with Gasteiger partial charge in [0.1, 0.15) is 12.1 Å². The van der Waals surface area contributed by atoms with Crippen LogP contribution < -0.4 is 5.32 Å². The summed E-state index contributed by atoms with van der Waals surface area (Å²) in [6, 6.07) is 8.18. The second kappa shape index (κ2) is 10.8. The number of carbonyl (C=O) groups is 2. The van der Waals surface area contributed by atoms with Crippen LogP contribution in [0.2, 0.25) is 0 Å². The van der Waals surface area contributed by atoms with Gasteiger partial charge in [-0.15, -0.1) is 0 Å². The van der Waals surface area contributed by atoms with Crippen molar-refractivity contribution < 1.29 is 14.3 Å². The largest absolute Gasteiger partial charge is 0.444 e. The monoisotopic (exact) mass is 423 g/mol. The molecule has 1 aromatic heterocycles. The molecule has 0 aliphatic carbocycles. The standard InChI is InChI=1S/C25H33N3O3/c1-7-8-22-12-20(10-9-19(22)3)16-28(17-21-11-18(2)13-26-14-21)23(29)15-27-24(30)31-25(4,5)6/h7-14H,15-17H2,1-6H3,(H,27,30)/b8-7-. The summed E-state index contributed by atoms with van der Waals surface area (Å²) in [5, 5.41) is 2.56. The van der Waals surface area contributed by atoms with E-state index in [2.05, 4.69) is 35.4 Å². The number of amides is 2. The molecule has 2 rings (SSSR count). The van der Waals surface area contributed by atoms with Crippen LogP contribution in [0.25, 0.3) is 6.08 Å². The van der Waals surface area contributed by atoms with Crippen molar-refractivity contribution in [2.45, 2.75) is 60.2 Å². The number of benzene rings is 1. The molecule has 1 N–H and O–H groups in total. The van der Waals surface area contributed by atoms with Gasteiger partial charge in [0.25, 0.3) is 0 Å². The van der Waals surface area contributed by atoms with Gasteiger partial charge in [0.05, 0.1) is 0 Å². The van der Waals surface area contributed by atoms with E-state index in [0.717, 1.165) is 22.3 Å². The normalized spacial score (nSPS) is 11.4. The molecule has 2 amide bonds. The smallest absolute Gasteiger partial charge is 0.408 e. The molecular weight excluding hydrogens is 390 g/mol. The second-order valence-electron chi connectivity index (χ2n) is 8.67. The van der Waals surface area contributed by atoms with E-state index in [1.54, 1.807) is 38.1 Å². The van der Waals surface area contributed by atoms with E-state index in [0.29, 0.717) is 13.1 Å². The molecule has 1 heterocycles. The van der Waals surface area contributed by atoms with Crippen molar-refractivity contribution in [1.29, 1.82) is 0 Å². The molecule has 6 heteroatoms. The highest BCUT2D eigenvalue weighted by Gasteiger charge is 2.20. The number of hydrogen-bond acceptors (Lipinski definition) is 4. The Morgan fingerprint density at radius 1 is 1.10 bits per heavy atom. The van der Waals surface area contributed by atoms with Gasteiger partial charge in [-0.3, -0.25) is 9.78 Å². The first kappa shape index (κ1) is 24.1. The van der Waals surface area contributed by atoms with Gasteiger partial charge in [-0.05, 0) is 75.4 Å². The maximum atomic E-state index is 13.0. The second-order valence-corrected chi connectivity index (χ2v) is 8.67. The molecule has 0 spiro atoms. The molecule has 31 heavy (non-hydrogen) atoms. The lowest BCUT2D eigenvalue weighted by Gasteiger charge is -2.24. The average Bonchev–Trinajstić information content (AvgIpc) is 2.67. The first-order valence-electron chi connectivity index (χ1n) is 10.4. The Morgan fingerprint density at radius 2 is 1.81 bits per heavy atom. The molecule has 0 saturated carbocycles. The zero-order chi connectivity index (χ0) is 23.0. The van der Waals surface area contributed by atoms with Crippen LogP contribution in [0.4, 0.5) is 4.79 Å². The van der Waals surface area contributed by atoms with E-state index in [1.165, 1.54) is 5.56 Å². The lowest BCUT2D eigenvalue weighted by molar-refractivity contribution is -0.131. The lowest BCUT2D eigenvalue weighted by Crippen LogP contribution is -2.41. The molecule has 0 radical (unpaired) electrons. The molecule has 166 valence electrons. The van der Waals surface area contributed by atoms with Gasteiger partial charge in [-0.2, -0.15) is 0 Å². The molecule has 0 bridgehead atoms. The summed E-state index contributed by atoms with van der Waals surface area (Å²) in [5.74, 6) is -0.194. The van der Waals surface area contributed by atoms with Crippen LogP contribution in [-0.2, 0) is 22.6 Å². The number of aryl methyl sites for hydroxylation is 2. The van der Waals surface area contributed by atoms with E-state index in [9.17, 15) is 9.59 Å². The van der Waals surface area contributed by atoms with Crippen molar-refractivity contribution in [1.82, 2.24) is 15.2 Å². The van der Waals surface area contributed by atoms with E-state index >= 15 is 0 Å². The molecule has 0 aliphatic heterocycles. The average molecular weight is 424 g/mol. The highest BCUT2D eigenvalue weighted by Crippen LogP contribution is 2.17. The first-order chi connectivity index (χ1) is 14.6. The number of carbonyl (C=O) groups excluding carboxylic acids is 2. The van der Waals surface area contributed by atoms with Gasteiger partial charge in [0.2, 0.25) is 5.91 Å². The zero-order valence-electron chi connectivity index (χ0n) is 19.4. The summed E-state index contributed by atoms with van der Waals surface area (Å²) in [4.78, 5) is 30.9. The molecular formula is C25H33N3O3. The topological polar surface area (TPSA) is 71.5 Å². The quantitative estimate of drug-likeness (QED) is 0.695. The summed E-state index contributed by atoms with van der Waals surface area (Å²) in [6.45, 7) is 12.0. The Balaban J connectivity index is 2.19. The van der Waals surface area contributed by atoms with Crippen LogP contribution >= 0.6 is 0 Å². The van der Waals surface area contributed by atoms with Crippen molar-refractivity contribution in [2.75, 3.05) is 6.54 Å². The summed E-state index contributed by atoms with van der Waals surface area (Å²) in [5.41, 5.74) is 4.66. The minimum atomic E-state index is -0.620. The molecule has 0 aliphatic rings. The number of nitrogens with zero attached hydrogens (tertiary/aromatic N) is 2. The van der Waals surface area contributed by atoms with Crippen molar-refractivity contribution >= 4 is 18.1 Å². The van der Waals surface area contributed by atoms with E-state index in [-0.39, 0.29) is 12.5 Å². The number of ether oxygens (including phenoxy) is 1. The molecule has 0 atom stereocenters. The molecule has 0 saturated heterocycles. The molecule has 0 fully saturated rings. The SMILES string of the molecule is C/C=C\c1cc(CN(Cc2cncc(C)c2)C(=O)CNC(=O)OC(C)(C)C)ccc1C. The van der Waals surface area contributed by atoms with Gasteiger partial charge < -0.3 is 15.0 Å². The summed E-state index contributed by atoms with van der Waals surface area (Å²) in [6.07, 6.45) is 6.99. The zero-order valence-corrected chi connectivity index (χ0v) is 19.4.